The van der Waals surface area contributed by atoms with E-state index < -0.39 is 17.2 Å². The number of nitriles is 1. The van der Waals surface area contributed by atoms with Gasteiger partial charge < -0.3 is 25.4 Å². The van der Waals surface area contributed by atoms with E-state index in [-0.39, 0.29) is 49.5 Å². The molecule has 1 atom stereocenters. The van der Waals surface area contributed by atoms with E-state index >= 15 is 0 Å². The van der Waals surface area contributed by atoms with E-state index in [0.717, 1.165) is 24.8 Å². The largest absolute Gasteiger partial charge is 0.457 e. The molecular formula is C33H42ClN5O5. The molecule has 2 aromatic carbocycles. The van der Waals surface area contributed by atoms with Crippen LogP contribution in [-0.4, -0.2) is 76.5 Å². The first-order chi connectivity index (χ1) is 20.7. The van der Waals surface area contributed by atoms with Crippen LogP contribution < -0.4 is 15.4 Å². The van der Waals surface area contributed by atoms with Gasteiger partial charge in [0.25, 0.3) is 5.91 Å². The number of nitrogens with zero attached hydrogens (tertiary/aromatic N) is 3. The van der Waals surface area contributed by atoms with Gasteiger partial charge in [-0.15, -0.1) is 12.4 Å². The van der Waals surface area contributed by atoms with Crippen LogP contribution in [0.25, 0.3) is 0 Å². The number of hydrogen-bond donors (Lipinski definition) is 3. The van der Waals surface area contributed by atoms with E-state index in [1.807, 2.05) is 24.3 Å². The second-order valence-electron chi connectivity index (χ2n) is 12.1. The number of aliphatic hydroxyl groups is 1. The van der Waals surface area contributed by atoms with Crippen LogP contribution in [0.4, 0.5) is 0 Å². The van der Waals surface area contributed by atoms with Gasteiger partial charge in [0, 0.05) is 45.2 Å². The molecule has 1 spiro atoms. The molecule has 0 aromatic heterocycles. The van der Waals surface area contributed by atoms with Crippen molar-refractivity contribution >= 4 is 30.1 Å². The molecule has 44 heavy (non-hydrogen) atoms. The summed E-state index contributed by atoms with van der Waals surface area (Å²) in [5.41, 5.74) is -0.237. The van der Waals surface area contributed by atoms with Crippen molar-refractivity contribution < 1.29 is 24.2 Å². The van der Waals surface area contributed by atoms with Crippen molar-refractivity contribution in [2.45, 2.75) is 81.5 Å². The quantitative estimate of drug-likeness (QED) is 0.385. The fraction of sp³-hybridized carbons (Fsp3) is 0.515. The summed E-state index contributed by atoms with van der Waals surface area (Å²) in [6.45, 7) is 2.18. The summed E-state index contributed by atoms with van der Waals surface area (Å²) >= 11 is 0. The smallest absolute Gasteiger partial charge is 0.251 e. The van der Waals surface area contributed by atoms with Gasteiger partial charge in [-0.2, -0.15) is 5.26 Å². The predicted octanol–water partition coefficient (Wildman–Crippen LogP) is 3.92. The van der Waals surface area contributed by atoms with Crippen LogP contribution in [-0.2, 0) is 16.1 Å². The van der Waals surface area contributed by atoms with Crippen LogP contribution in [0, 0.1) is 11.3 Å². The highest BCUT2D eigenvalue weighted by Gasteiger charge is 2.54. The van der Waals surface area contributed by atoms with Gasteiger partial charge in [-0.1, -0.05) is 31.4 Å². The summed E-state index contributed by atoms with van der Waals surface area (Å²) in [4.78, 5) is 43.0. The second-order valence-corrected chi connectivity index (χ2v) is 12.1. The Morgan fingerprint density at radius 3 is 2.23 bits per heavy atom. The lowest BCUT2D eigenvalue weighted by molar-refractivity contribution is -0.163. The third kappa shape index (κ3) is 7.34. The maximum atomic E-state index is 13.7. The number of benzene rings is 2. The topological polar surface area (TPSA) is 135 Å². The zero-order chi connectivity index (χ0) is 30.5. The summed E-state index contributed by atoms with van der Waals surface area (Å²) in [7, 11) is 1.59. The normalized spacial score (nSPS) is 21.1. The molecule has 1 saturated carbocycles. The molecule has 0 unspecified atom stereocenters. The lowest BCUT2D eigenvalue weighted by atomic mass is 9.77. The van der Waals surface area contributed by atoms with Gasteiger partial charge in [0.1, 0.15) is 23.1 Å². The van der Waals surface area contributed by atoms with E-state index in [2.05, 4.69) is 21.6 Å². The Labute approximate surface area is 265 Å². The number of likely N-dealkylation sites (tertiary alicyclic amines) is 1. The number of rotatable bonds is 9. The molecule has 11 heteroatoms. The third-order valence-corrected chi connectivity index (χ3v) is 9.22. The van der Waals surface area contributed by atoms with Gasteiger partial charge in [-0.3, -0.25) is 19.3 Å². The zero-order valence-electron chi connectivity index (χ0n) is 25.2. The van der Waals surface area contributed by atoms with Crippen LogP contribution in [0.5, 0.6) is 11.5 Å². The highest BCUT2D eigenvalue weighted by Crippen LogP contribution is 2.37. The van der Waals surface area contributed by atoms with Crippen molar-refractivity contribution in [3.63, 3.8) is 0 Å². The number of nitrogens with one attached hydrogen (secondary N) is 2. The maximum absolute atomic E-state index is 13.7. The van der Waals surface area contributed by atoms with Crippen LogP contribution in [0.2, 0.25) is 0 Å². The van der Waals surface area contributed by atoms with Crippen LogP contribution in [0.15, 0.2) is 48.5 Å². The molecule has 3 aliphatic rings. The summed E-state index contributed by atoms with van der Waals surface area (Å²) in [5, 5.41) is 26.0. The average molecular weight is 624 g/mol. The average Bonchev–Trinajstić information content (AvgIpc) is 3.02. The van der Waals surface area contributed by atoms with Gasteiger partial charge in [0.15, 0.2) is 0 Å². The third-order valence-electron chi connectivity index (χ3n) is 9.22. The molecular weight excluding hydrogens is 582 g/mol. The highest BCUT2D eigenvalue weighted by atomic mass is 35.5. The Bertz CT molecular complexity index is 1350. The van der Waals surface area contributed by atoms with Crippen LogP contribution >= 0.6 is 12.4 Å². The summed E-state index contributed by atoms with van der Waals surface area (Å²) < 4.78 is 5.93. The standard InChI is InChI=1S/C33H41N5O5.ClH/c1-35-29(39)25-8-12-27(13-9-25)43-26-10-6-24(7-11-26)23-37-20-16-33(17-21-37)31(41)36-28(30(40)38(33)19-5-18-34)22-32(42)14-3-2-4-15-32;/h6-13,28,42H,2-5,14-17,19-23H2,1H3,(H,35,39)(H,36,41);1H/t28-;/m1./s1. The van der Waals surface area contributed by atoms with E-state index in [1.165, 1.54) is 0 Å². The lowest BCUT2D eigenvalue weighted by Crippen LogP contribution is -2.73. The molecule has 3 N–H and O–H groups in total. The predicted molar refractivity (Wildman–Crippen MR) is 167 cm³/mol. The summed E-state index contributed by atoms with van der Waals surface area (Å²) in [6.07, 6.45) is 5.57. The number of halogens is 1. The Morgan fingerprint density at radius 1 is 1.02 bits per heavy atom. The van der Waals surface area contributed by atoms with Gasteiger partial charge in [0.05, 0.1) is 18.1 Å². The Hall–Kier alpha value is -3.65. The number of piperazine rings is 1. The van der Waals surface area contributed by atoms with Crippen molar-refractivity contribution in [2.75, 3.05) is 26.7 Å². The number of piperidine rings is 1. The van der Waals surface area contributed by atoms with Crippen LogP contribution in [0.3, 0.4) is 0 Å². The fourth-order valence-electron chi connectivity index (χ4n) is 6.75. The molecule has 0 radical (unpaired) electrons. The Morgan fingerprint density at radius 2 is 1.64 bits per heavy atom. The van der Waals surface area contributed by atoms with Gasteiger partial charge >= 0.3 is 0 Å². The van der Waals surface area contributed by atoms with E-state index in [0.29, 0.717) is 62.4 Å². The van der Waals surface area contributed by atoms with E-state index in [4.69, 9.17) is 4.74 Å². The zero-order valence-corrected chi connectivity index (χ0v) is 26.0. The maximum Gasteiger partial charge on any atom is 0.251 e. The molecule has 3 amide bonds. The molecule has 10 nitrogen and oxygen atoms in total. The van der Waals surface area contributed by atoms with Gasteiger partial charge in [0.2, 0.25) is 11.8 Å². The number of ether oxygens (including phenoxy) is 1. The first-order valence-electron chi connectivity index (χ1n) is 15.3. The minimum absolute atomic E-state index is 0. The van der Waals surface area contributed by atoms with Gasteiger partial charge in [-0.25, -0.2) is 0 Å². The molecule has 0 bridgehead atoms. The molecule has 1 aliphatic carbocycles. The monoisotopic (exact) mass is 623 g/mol. The second kappa shape index (κ2) is 14.4. The molecule has 2 aliphatic heterocycles. The number of amides is 3. The fourth-order valence-corrected chi connectivity index (χ4v) is 6.75. The molecule has 5 rings (SSSR count). The number of hydrogen-bond acceptors (Lipinski definition) is 7. The number of carbonyl (C=O) groups excluding carboxylic acids is 3. The van der Waals surface area contributed by atoms with E-state index in [1.54, 1.807) is 36.2 Å². The lowest BCUT2D eigenvalue weighted by Gasteiger charge is -2.52. The molecule has 2 saturated heterocycles. The van der Waals surface area contributed by atoms with E-state index in [9.17, 15) is 24.8 Å². The first kappa shape index (κ1) is 33.2. The van der Waals surface area contributed by atoms with Gasteiger partial charge in [-0.05, 0) is 67.6 Å². The SMILES string of the molecule is CNC(=O)c1ccc(Oc2ccc(CN3CCC4(CC3)C(=O)N[C@H](CC3(O)CCCCC3)C(=O)N4CCC#N)cc2)cc1.Cl. The summed E-state index contributed by atoms with van der Waals surface area (Å²) in [6, 6.07) is 16.2. The Kier molecular flexibility index (Phi) is 10.9. The van der Waals surface area contributed by atoms with Crippen molar-refractivity contribution in [3.05, 3.63) is 59.7 Å². The van der Waals surface area contributed by atoms with Crippen molar-refractivity contribution in [3.8, 4) is 17.6 Å². The Balaban J connectivity index is 0.00000442. The van der Waals surface area contributed by atoms with Crippen molar-refractivity contribution in [1.82, 2.24) is 20.4 Å². The molecule has 236 valence electrons. The van der Waals surface area contributed by atoms with Crippen molar-refractivity contribution in [2.24, 2.45) is 0 Å². The first-order valence-corrected chi connectivity index (χ1v) is 15.3. The highest BCUT2D eigenvalue weighted by molar-refractivity contribution is 6.00. The molecule has 2 heterocycles. The minimum Gasteiger partial charge on any atom is -0.457 e. The summed E-state index contributed by atoms with van der Waals surface area (Å²) in [5.74, 6) is 0.828. The van der Waals surface area contributed by atoms with Crippen LogP contribution in [0.1, 0.15) is 73.7 Å². The minimum atomic E-state index is -0.971. The number of carbonyl (C=O) groups is 3. The molecule has 2 aromatic rings. The van der Waals surface area contributed by atoms with Crippen molar-refractivity contribution in [1.29, 1.82) is 5.26 Å². The molecule has 3 fully saturated rings.